The molecule has 7 heteroatoms. The summed E-state index contributed by atoms with van der Waals surface area (Å²) in [6.07, 6.45) is 0.264. The topological polar surface area (TPSA) is 87.8 Å². The van der Waals surface area contributed by atoms with Crippen molar-refractivity contribution in [2.75, 3.05) is 7.05 Å². The summed E-state index contributed by atoms with van der Waals surface area (Å²) >= 11 is 1.36. The van der Waals surface area contributed by atoms with Gasteiger partial charge in [-0.2, -0.15) is 0 Å². The molecule has 0 spiro atoms. The Hall–Kier alpha value is -2.41. The van der Waals surface area contributed by atoms with Crippen LogP contribution in [0.1, 0.15) is 44.4 Å². The molecule has 2 heterocycles. The number of rotatable bonds is 7. The Labute approximate surface area is 137 Å². The third-order valence-corrected chi connectivity index (χ3v) is 4.29. The second-order valence-electron chi connectivity index (χ2n) is 5.14. The van der Waals surface area contributed by atoms with Crippen LogP contribution in [-0.4, -0.2) is 34.7 Å². The van der Waals surface area contributed by atoms with Crippen LogP contribution in [0.3, 0.4) is 0 Å². The molecular formula is C16H17NO5S. The Kier molecular flexibility index (Phi) is 5.33. The zero-order valence-electron chi connectivity index (χ0n) is 12.9. The molecule has 0 aromatic carbocycles. The summed E-state index contributed by atoms with van der Waals surface area (Å²) in [7, 11) is 1.59. The van der Waals surface area contributed by atoms with Gasteiger partial charge in [0.2, 0.25) is 5.91 Å². The molecule has 0 saturated heterocycles. The number of carbonyl (C=O) groups is 3. The van der Waals surface area contributed by atoms with E-state index in [-0.39, 0.29) is 36.6 Å². The molecule has 2 aromatic rings. The Morgan fingerprint density at radius 1 is 1.30 bits per heavy atom. The molecule has 23 heavy (non-hydrogen) atoms. The van der Waals surface area contributed by atoms with Crippen LogP contribution in [0.4, 0.5) is 0 Å². The lowest BCUT2D eigenvalue weighted by molar-refractivity contribution is -0.130. The van der Waals surface area contributed by atoms with Crippen molar-refractivity contribution in [1.29, 1.82) is 0 Å². The van der Waals surface area contributed by atoms with Gasteiger partial charge in [-0.1, -0.05) is 6.07 Å². The van der Waals surface area contributed by atoms with E-state index in [1.54, 1.807) is 26.1 Å². The fourth-order valence-electron chi connectivity index (χ4n) is 2.13. The molecule has 2 aromatic heterocycles. The number of Topliss-reactive ketones (excluding diaryl/α,β-unsaturated/α-hetero) is 1. The number of carboxylic acids is 1. The molecule has 2 rings (SSSR count). The van der Waals surface area contributed by atoms with Crippen LogP contribution in [0.15, 0.2) is 28.0 Å². The van der Waals surface area contributed by atoms with Gasteiger partial charge in [0.15, 0.2) is 5.78 Å². The van der Waals surface area contributed by atoms with Crippen molar-refractivity contribution >= 4 is 29.0 Å². The molecular weight excluding hydrogens is 318 g/mol. The minimum absolute atomic E-state index is 0.0521. The van der Waals surface area contributed by atoms with E-state index in [1.807, 2.05) is 5.38 Å². The molecule has 122 valence electrons. The zero-order chi connectivity index (χ0) is 17.0. The molecule has 0 bridgehead atoms. The monoisotopic (exact) mass is 335 g/mol. The molecule has 0 radical (unpaired) electrons. The highest BCUT2D eigenvalue weighted by Gasteiger charge is 2.18. The first kappa shape index (κ1) is 17.0. The van der Waals surface area contributed by atoms with Crippen LogP contribution < -0.4 is 0 Å². The summed E-state index contributed by atoms with van der Waals surface area (Å²) in [6.45, 7) is 1.73. The van der Waals surface area contributed by atoms with Crippen molar-refractivity contribution in [3.8, 4) is 0 Å². The molecule has 1 N–H and O–H groups in total. The van der Waals surface area contributed by atoms with Crippen molar-refractivity contribution in [2.45, 2.75) is 26.3 Å². The fraction of sp³-hybridized carbons (Fsp3) is 0.312. The summed E-state index contributed by atoms with van der Waals surface area (Å²) in [5.41, 5.74) is 0.0914. The lowest BCUT2D eigenvalue weighted by Crippen LogP contribution is -2.26. The van der Waals surface area contributed by atoms with Gasteiger partial charge in [0.05, 0.1) is 11.4 Å². The second kappa shape index (κ2) is 7.23. The zero-order valence-corrected chi connectivity index (χ0v) is 13.7. The largest absolute Gasteiger partial charge is 0.478 e. The first-order valence-electron chi connectivity index (χ1n) is 7.01. The van der Waals surface area contributed by atoms with Gasteiger partial charge in [-0.25, -0.2) is 4.79 Å². The molecule has 0 fully saturated rings. The summed E-state index contributed by atoms with van der Waals surface area (Å²) in [6, 6.07) is 4.95. The van der Waals surface area contributed by atoms with Gasteiger partial charge in [0.1, 0.15) is 17.1 Å². The minimum atomic E-state index is -1.06. The predicted molar refractivity (Wildman–Crippen MR) is 84.8 cm³/mol. The average molecular weight is 335 g/mol. The summed E-state index contributed by atoms with van der Waals surface area (Å²) in [4.78, 5) is 37.0. The van der Waals surface area contributed by atoms with Gasteiger partial charge in [0, 0.05) is 19.9 Å². The molecule has 0 aliphatic rings. The van der Waals surface area contributed by atoms with E-state index in [0.717, 1.165) is 0 Å². The van der Waals surface area contributed by atoms with Gasteiger partial charge in [-0.3, -0.25) is 9.59 Å². The van der Waals surface area contributed by atoms with Crippen molar-refractivity contribution in [2.24, 2.45) is 0 Å². The highest BCUT2D eigenvalue weighted by Crippen LogP contribution is 2.17. The van der Waals surface area contributed by atoms with Crippen molar-refractivity contribution in [3.63, 3.8) is 0 Å². The van der Waals surface area contributed by atoms with Gasteiger partial charge >= 0.3 is 5.97 Å². The number of amides is 1. The van der Waals surface area contributed by atoms with Crippen LogP contribution in [0, 0.1) is 6.92 Å². The number of aromatic carboxylic acids is 1. The standard InChI is InChI=1S/C16H17NO5S/c1-10-12(16(20)21)8-11(22-10)9-17(2)15(19)6-5-13(18)14-4-3-7-23-14/h3-4,7-8H,5-6,9H2,1-2H3,(H,20,21). The second-order valence-corrected chi connectivity index (χ2v) is 6.09. The van der Waals surface area contributed by atoms with Crippen molar-refractivity contribution < 1.29 is 23.9 Å². The molecule has 0 aliphatic carbocycles. The smallest absolute Gasteiger partial charge is 0.339 e. The third kappa shape index (κ3) is 4.29. The van der Waals surface area contributed by atoms with Crippen molar-refractivity contribution in [3.05, 3.63) is 45.5 Å². The maximum absolute atomic E-state index is 12.1. The number of thiophene rings is 1. The first-order chi connectivity index (χ1) is 10.9. The fourth-order valence-corrected chi connectivity index (χ4v) is 2.82. The van der Waals surface area contributed by atoms with E-state index in [1.165, 1.54) is 22.3 Å². The third-order valence-electron chi connectivity index (χ3n) is 3.38. The predicted octanol–water partition coefficient (Wildman–Crippen LogP) is 2.97. The first-order valence-corrected chi connectivity index (χ1v) is 7.89. The summed E-state index contributed by atoms with van der Waals surface area (Å²) in [5.74, 6) is -0.598. The molecule has 0 unspecified atom stereocenters. The number of hydrogen-bond acceptors (Lipinski definition) is 5. The highest BCUT2D eigenvalue weighted by molar-refractivity contribution is 7.12. The van der Waals surface area contributed by atoms with Crippen LogP contribution in [0.5, 0.6) is 0 Å². The van der Waals surface area contributed by atoms with Gasteiger partial charge < -0.3 is 14.4 Å². The lowest BCUT2D eigenvalue weighted by Gasteiger charge is -2.15. The average Bonchev–Trinajstić information content (AvgIpc) is 3.13. The number of furan rings is 1. The van der Waals surface area contributed by atoms with Crippen molar-refractivity contribution in [1.82, 2.24) is 4.90 Å². The Morgan fingerprint density at radius 2 is 2.04 bits per heavy atom. The van der Waals surface area contributed by atoms with Crippen LogP contribution in [0.2, 0.25) is 0 Å². The lowest BCUT2D eigenvalue weighted by atomic mass is 10.2. The maximum Gasteiger partial charge on any atom is 0.339 e. The summed E-state index contributed by atoms with van der Waals surface area (Å²) < 4.78 is 5.34. The van der Waals surface area contributed by atoms with E-state index in [9.17, 15) is 14.4 Å². The van der Waals surface area contributed by atoms with Crippen LogP contribution >= 0.6 is 11.3 Å². The normalized spacial score (nSPS) is 10.5. The number of ketones is 1. The number of aryl methyl sites for hydroxylation is 1. The molecule has 1 amide bonds. The maximum atomic E-state index is 12.1. The Morgan fingerprint density at radius 3 is 2.61 bits per heavy atom. The number of carboxylic acid groups (broad SMARTS) is 1. The molecule has 0 aliphatic heterocycles. The van der Waals surface area contributed by atoms with E-state index in [0.29, 0.717) is 16.4 Å². The quantitative estimate of drug-likeness (QED) is 0.786. The Bertz CT molecular complexity index is 717. The molecule has 0 atom stereocenters. The highest BCUT2D eigenvalue weighted by atomic mass is 32.1. The van der Waals surface area contributed by atoms with Crippen LogP contribution in [0.25, 0.3) is 0 Å². The number of carbonyl (C=O) groups excluding carboxylic acids is 2. The Balaban J connectivity index is 1.89. The van der Waals surface area contributed by atoms with E-state index in [2.05, 4.69) is 0 Å². The van der Waals surface area contributed by atoms with Crippen LogP contribution in [-0.2, 0) is 11.3 Å². The van der Waals surface area contributed by atoms with E-state index < -0.39 is 5.97 Å². The molecule has 6 nitrogen and oxygen atoms in total. The van der Waals surface area contributed by atoms with Gasteiger partial charge in [0.25, 0.3) is 0 Å². The molecule has 0 saturated carbocycles. The van der Waals surface area contributed by atoms with Gasteiger partial charge in [-0.05, 0) is 24.4 Å². The van der Waals surface area contributed by atoms with Gasteiger partial charge in [-0.15, -0.1) is 11.3 Å². The number of hydrogen-bond donors (Lipinski definition) is 1. The SMILES string of the molecule is Cc1oc(CN(C)C(=O)CCC(=O)c2cccs2)cc1C(=O)O. The summed E-state index contributed by atoms with van der Waals surface area (Å²) in [5, 5.41) is 10.8. The minimum Gasteiger partial charge on any atom is -0.478 e. The van der Waals surface area contributed by atoms with E-state index in [4.69, 9.17) is 9.52 Å². The van der Waals surface area contributed by atoms with E-state index >= 15 is 0 Å². The number of nitrogens with zero attached hydrogens (tertiary/aromatic N) is 1.